The third-order valence-electron chi connectivity index (χ3n) is 3.26. The van der Waals surface area contributed by atoms with Crippen molar-refractivity contribution >= 4 is 34.9 Å². The lowest BCUT2D eigenvalue weighted by Gasteiger charge is -2.17. The molecule has 0 aliphatic carbocycles. The van der Waals surface area contributed by atoms with E-state index in [9.17, 15) is 9.59 Å². The number of esters is 1. The Kier molecular flexibility index (Phi) is 3.39. The molecule has 1 amide bonds. The van der Waals surface area contributed by atoms with E-state index in [0.717, 1.165) is 5.69 Å². The van der Waals surface area contributed by atoms with Gasteiger partial charge in [-0.2, -0.15) is 0 Å². The van der Waals surface area contributed by atoms with Gasteiger partial charge in [0.05, 0.1) is 5.69 Å². The van der Waals surface area contributed by atoms with Gasteiger partial charge in [-0.25, -0.2) is 0 Å². The fourth-order valence-electron chi connectivity index (χ4n) is 2.43. The Morgan fingerprint density at radius 1 is 1.19 bits per heavy atom. The van der Waals surface area contributed by atoms with Crippen molar-refractivity contribution in [3.63, 3.8) is 0 Å². The molecule has 2 aromatic rings. The van der Waals surface area contributed by atoms with Crippen molar-refractivity contribution in [2.75, 3.05) is 4.90 Å². The molecule has 0 saturated heterocycles. The number of hydrogen-bond donors (Lipinski definition) is 0. The number of carbonyl (C=O) groups is 2. The number of ether oxygens (including phenoxy) is 1. The molecule has 0 fully saturated rings. The number of fused-ring (bicyclic) bond motifs is 1. The maximum atomic E-state index is 12.6. The van der Waals surface area contributed by atoms with Crippen LogP contribution in [0.2, 0.25) is 5.02 Å². The van der Waals surface area contributed by atoms with Gasteiger partial charge in [0.25, 0.3) is 5.91 Å². The minimum atomic E-state index is -0.948. The maximum absolute atomic E-state index is 12.6. The number of nitrogens with zero attached hydrogens (tertiary/aromatic N) is 1. The van der Waals surface area contributed by atoms with Crippen molar-refractivity contribution in [2.45, 2.75) is 13.0 Å². The standard InChI is InChI=1S/C16H12ClNO3/c1-10(19)21-15-13-9-11(17)7-8-14(13)18(16(15)20)12-5-3-2-4-6-12/h2-9,15H,1H3. The van der Waals surface area contributed by atoms with Crippen LogP contribution < -0.4 is 4.90 Å². The zero-order valence-corrected chi connectivity index (χ0v) is 12.0. The Morgan fingerprint density at radius 2 is 1.90 bits per heavy atom. The third kappa shape index (κ3) is 2.38. The first-order valence-corrected chi connectivity index (χ1v) is 6.81. The SMILES string of the molecule is CC(=O)OC1C(=O)N(c2ccccc2)c2ccc(Cl)cc21. The van der Waals surface area contributed by atoms with E-state index in [1.54, 1.807) is 23.1 Å². The Morgan fingerprint density at radius 3 is 2.57 bits per heavy atom. The quantitative estimate of drug-likeness (QED) is 0.796. The van der Waals surface area contributed by atoms with Gasteiger partial charge in [0.2, 0.25) is 6.10 Å². The Hall–Kier alpha value is -2.33. The number of amides is 1. The van der Waals surface area contributed by atoms with E-state index in [1.165, 1.54) is 6.92 Å². The van der Waals surface area contributed by atoms with Crippen LogP contribution >= 0.6 is 11.6 Å². The summed E-state index contributed by atoms with van der Waals surface area (Å²) in [4.78, 5) is 25.4. The van der Waals surface area contributed by atoms with Crippen LogP contribution in [-0.4, -0.2) is 11.9 Å². The summed E-state index contributed by atoms with van der Waals surface area (Å²) in [6.07, 6.45) is -0.948. The minimum absolute atomic E-state index is 0.298. The molecule has 1 unspecified atom stereocenters. The largest absolute Gasteiger partial charge is 0.447 e. The molecule has 4 nitrogen and oxygen atoms in total. The lowest BCUT2D eigenvalue weighted by atomic mass is 10.1. The van der Waals surface area contributed by atoms with E-state index in [0.29, 0.717) is 16.3 Å². The van der Waals surface area contributed by atoms with E-state index in [2.05, 4.69) is 0 Å². The van der Waals surface area contributed by atoms with Crippen molar-refractivity contribution in [3.05, 3.63) is 59.1 Å². The second kappa shape index (κ2) is 5.22. The van der Waals surface area contributed by atoms with Crippen LogP contribution in [0.4, 0.5) is 11.4 Å². The van der Waals surface area contributed by atoms with Crippen LogP contribution in [0.15, 0.2) is 48.5 Å². The van der Waals surface area contributed by atoms with Crippen molar-refractivity contribution in [1.82, 2.24) is 0 Å². The number of carbonyl (C=O) groups excluding carboxylic acids is 2. The third-order valence-corrected chi connectivity index (χ3v) is 3.49. The topological polar surface area (TPSA) is 46.6 Å². The average molecular weight is 302 g/mol. The predicted molar refractivity (Wildman–Crippen MR) is 79.5 cm³/mol. The van der Waals surface area contributed by atoms with Gasteiger partial charge in [-0.15, -0.1) is 0 Å². The molecule has 1 heterocycles. The Bertz CT molecular complexity index is 715. The molecule has 0 spiro atoms. The molecule has 106 valence electrons. The molecule has 1 aliphatic rings. The normalized spacial score (nSPS) is 16.8. The van der Waals surface area contributed by atoms with Crippen molar-refractivity contribution in [3.8, 4) is 0 Å². The first-order valence-electron chi connectivity index (χ1n) is 6.43. The molecule has 0 aromatic heterocycles. The van der Waals surface area contributed by atoms with Gasteiger partial charge in [-0.1, -0.05) is 29.8 Å². The summed E-state index contributed by atoms with van der Waals surface area (Å²) in [6.45, 7) is 1.28. The van der Waals surface area contributed by atoms with Crippen molar-refractivity contribution in [2.24, 2.45) is 0 Å². The lowest BCUT2D eigenvalue weighted by Crippen LogP contribution is -2.25. The molecule has 3 rings (SSSR count). The number of para-hydroxylation sites is 1. The molecule has 21 heavy (non-hydrogen) atoms. The smallest absolute Gasteiger partial charge is 0.303 e. The molecule has 0 radical (unpaired) electrons. The molecular formula is C16H12ClNO3. The summed E-state index contributed by atoms with van der Waals surface area (Å²) in [5, 5.41) is 0.494. The van der Waals surface area contributed by atoms with E-state index < -0.39 is 12.1 Å². The highest BCUT2D eigenvalue weighted by molar-refractivity contribution is 6.31. The van der Waals surface area contributed by atoms with Crippen LogP contribution in [0.25, 0.3) is 0 Å². The maximum Gasteiger partial charge on any atom is 0.303 e. The van der Waals surface area contributed by atoms with E-state index in [-0.39, 0.29) is 5.91 Å². The summed E-state index contributed by atoms with van der Waals surface area (Å²) < 4.78 is 5.17. The second-order valence-corrected chi connectivity index (χ2v) is 5.14. The molecular weight excluding hydrogens is 290 g/mol. The summed E-state index contributed by atoms with van der Waals surface area (Å²) in [6, 6.07) is 14.3. The average Bonchev–Trinajstić information content (AvgIpc) is 2.72. The van der Waals surface area contributed by atoms with E-state index >= 15 is 0 Å². The molecule has 5 heteroatoms. The highest BCUT2D eigenvalue weighted by Gasteiger charge is 2.40. The van der Waals surface area contributed by atoms with Crippen LogP contribution in [-0.2, 0) is 14.3 Å². The van der Waals surface area contributed by atoms with Gasteiger partial charge in [0.15, 0.2) is 0 Å². The highest BCUT2D eigenvalue weighted by Crippen LogP contribution is 2.43. The molecule has 0 N–H and O–H groups in total. The summed E-state index contributed by atoms with van der Waals surface area (Å²) in [5.41, 5.74) is 2.01. The fraction of sp³-hybridized carbons (Fsp3) is 0.125. The lowest BCUT2D eigenvalue weighted by molar-refractivity contribution is -0.152. The summed E-state index contributed by atoms with van der Waals surface area (Å²) in [7, 11) is 0. The van der Waals surface area contributed by atoms with Gasteiger partial charge in [0.1, 0.15) is 0 Å². The second-order valence-electron chi connectivity index (χ2n) is 4.70. The van der Waals surface area contributed by atoms with Gasteiger partial charge in [-0.05, 0) is 30.3 Å². The Labute approximate surface area is 126 Å². The number of halogens is 1. The monoisotopic (exact) mass is 301 g/mol. The molecule has 1 atom stereocenters. The van der Waals surface area contributed by atoms with Crippen LogP contribution in [0, 0.1) is 0 Å². The summed E-state index contributed by atoms with van der Waals surface area (Å²) >= 11 is 6.00. The highest BCUT2D eigenvalue weighted by atomic mass is 35.5. The van der Waals surface area contributed by atoms with Gasteiger partial charge in [0, 0.05) is 23.2 Å². The fourth-order valence-corrected chi connectivity index (χ4v) is 2.61. The summed E-state index contributed by atoms with van der Waals surface area (Å²) in [5.74, 6) is -0.803. The zero-order chi connectivity index (χ0) is 15.0. The first kappa shape index (κ1) is 13.6. The van der Waals surface area contributed by atoms with Crippen molar-refractivity contribution in [1.29, 1.82) is 0 Å². The molecule has 0 bridgehead atoms. The zero-order valence-electron chi connectivity index (χ0n) is 11.2. The Balaban J connectivity index is 2.12. The number of anilines is 2. The van der Waals surface area contributed by atoms with E-state index in [4.69, 9.17) is 16.3 Å². The number of benzene rings is 2. The van der Waals surface area contributed by atoms with E-state index in [1.807, 2.05) is 30.3 Å². The van der Waals surface area contributed by atoms with Crippen LogP contribution in [0.1, 0.15) is 18.6 Å². The minimum Gasteiger partial charge on any atom is -0.447 e. The first-order chi connectivity index (χ1) is 10.1. The van der Waals surface area contributed by atoms with Gasteiger partial charge in [-0.3, -0.25) is 14.5 Å². The van der Waals surface area contributed by atoms with Gasteiger partial charge >= 0.3 is 5.97 Å². The molecule has 2 aromatic carbocycles. The van der Waals surface area contributed by atoms with Crippen LogP contribution in [0.3, 0.4) is 0 Å². The molecule has 1 aliphatic heterocycles. The number of rotatable bonds is 2. The number of hydrogen-bond acceptors (Lipinski definition) is 3. The van der Waals surface area contributed by atoms with Gasteiger partial charge < -0.3 is 4.74 Å². The van der Waals surface area contributed by atoms with Crippen LogP contribution in [0.5, 0.6) is 0 Å². The molecule has 0 saturated carbocycles. The van der Waals surface area contributed by atoms with Crippen molar-refractivity contribution < 1.29 is 14.3 Å². The predicted octanol–water partition coefficient (Wildman–Crippen LogP) is 3.62.